The van der Waals surface area contributed by atoms with Crippen molar-refractivity contribution in [3.05, 3.63) is 0 Å². The summed E-state index contributed by atoms with van der Waals surface area (Å²) in [6.45, 7) is 9.18. The number of hydrogen-bond acceptors (Lipinski definition) is 4. The molecule has 1 saturated carbocycles. The summed E-state index contributed by atoms with van der Waals surface area (Å²) in [5.41, 5.74) is 0.110. The molecule has 2 atom stereocenters. The molecule has 1 aliphatic carbocycles. The summed E-state index contributed by atoms with van der Waals surface area (Å²) < 4.78 is 5.45. The van der Waals surface area contributed by atoms with Gasteiger partial charge in [0.1, 0.15) is 0 Å². The summed E-state index contributed by atoms with van der Waals surface area (Å²) in [6.07, 6.45) is 6.02. The van der Waals surface area contributed by atoms with Crippen LogP contribution in [0.25, 0.3) is 0 Å². The molecule has 2 fully saturated rings. The van der Waals surface area contributed by atoms with Gasteiger partial charge in [0.05, 0.1) is 13.2 Å². The number of morpholine rings is 1. The Bertz CT molecular complexity index is 375. The van der Waals surface area contributed by atoms with Gasteiger partial charge in [0, 0.05) is 43.5 Å². The average molecular weight is 456 g/mol. The summed E-state index contributed by atoms with van der Waals surface area (Å²) >= 11 is 1.99. The van der Waals surface area contributed by atoms with Crippen molar-refractivity contribution in [2.45, 2.75) is 49.9 Å². The average Bonchev–Trinajstić information content (AvgIpc) is 3.00. The number of thioether (sulfide) groups is 1. The quantitative estimate of drug-likeness (QED) is 0.377. The number of guanidine groups is 1. The number of halogens is 1. The molecule has 23 heavy (non-hydrogen) atoms. The van der Waals surface area contributed by atoms with Crippen molar-refractivity contribution in [2.24, 2.45) is 4.99 Å². The molecule has 5 nitrogen and oxygen atoms in total. The molecule has 0 aromatic carbocycles. The van der Waals surface area contributed by atoms with E-state index in [0.717, 1.165) is 44.1 Å². The van der Waals surface area contributed by atoms with Gasteiger partial charge in [-0.05, 0) is 39.4 Å². The van der Waals surface area contributed by atoms with E-state index in [0.29, 0.717) is 6.04 Å². The fourth-order valence-electron chi connectivity index (χ4n) is 3.25. The van der Waals surface area contributed by atoms with Gasteiger partial charge in [-0.2, -0.15) is 11.8 Å². The van der Waals surface area contributed by atoms with E-state index in [1.807, 2.05) is 18.8 Å². The Balaban J connectivity index is 0.00000264. The number of hydrogen-bond donors (Lipinski definition) is 2. The maximum absolute atomic E-state index is 5.45. The Kier molecular flexibility index (Phi) is 9.55. The summed E-state index contributed by atoms with van der Waals surface area (Å²) in [5, 5.41) is 7.91. The summed E-state index contributed by atoms with van der Waals surface area (Å²) in [4.78, 5) is 6.89. The second-order valence-electron chi connectivity index (χ2n) is 6.85. The molecule has 2 aliphatic rings. The lowest BCUT2D eigenvalue weighted by atomic mass is 10.0. The molecule has 0 aromatic heterocycles. The smallest absolute Gasteiger partial charge is 0.191 e. The summed E-state index contributed by atoms with van der Waals surface area (Å²) in [5.74, 6) is 0.938. The highest BCUT2D eigenvalue weighted by atomic mass is 127. The maximum atomic E-state index is 5.45. The minimum absolute atomic E-state index is 0. The van der Waals surface area contributed by atoms with Crippen LogP contribution in [0.5, 0.6) is 0 Å². The molecule has 2 rings (SSSR count). The minimum atomic E-state index is 0. The fraction of sp³-hybridized carbons (Fsp3) is 0.938. The highest BCUT2D eigenvalue weighted by Gasteiger charge is 2.29. The van der Waals surface area contributed by atoms with Crippen molar-refractivity contribution in [3.63, 3.8) is 0 Å². The molecule has 0 amide bonds. The zero-order valence-electron chi connectivity index (χ0n) is 14.9. The molecule has 0 bridgehead atoms. The zero-order valence-corrected chi connectivity index (χ0v) is 18.1. The molecule has 2 N–H and O–H groups in total. The molecule has 7 heteroatoms. The first-order valence-corrected chi connectivity index (χ1v) is 9.66. The number of nitrogens with zero attached hydrogens (tertiary/aromatic N) is 2. The SMILES string of the molecule is CN=C(NCC(C)(C)N1CCOCC1)NC1CCC(SC)C1.I. The monoisotopic (exact) mass is 456 g/mol. The topological polar surface area (TPSA) is 48.9 Å². The molecular formula is C16H33IN4OS. The van der Waals surface area contributed by atoms with E-state index >= 15 is 0 Å². The molecule has 1 saturated heterocycles. The lowest BCUT2D eigenvalue weighted by Crippen LogP contribution is -2.57. The molecule has 1 heterocycles. The van der Waals surface area contributed by atoms with Crippen molar-refractivity contribution in [2.75, 3.05) is 46.2 Å². The van der Waals surface area contributed by atoms with Gasteiger partial charge >= 0.3 is 0 Å². The Morgan fingerprint density at radius 2 is 2.00 bits per heavy atom. The van der Waals surface area contributed by atoms with Crippen molar-refractivity contribution < 1.29 is 4.74 Å². The van der Waals surface area contributed by atoms with E-state index in [9.17, 15) is 0 Å². The Hall–Kier alpha value is 0.270. The normalized spacial score (nSPS) is 26.7. The highest BCUT2D eigenvalue weighted by Crippen LogP contribution is 2.28. The van der Waals surface area contributed by atoms with Gasteiger partial charge in [-0.15, -0.1) is 24.0 Å². The van der Waals surface area contributed by atoms with Crippen LogP contribution in [0.15, 0.2) is 4.99 Å². The second kappa shape index (κ2) is 10.3. The van der Waals surface area contributed by atoms with Crippen molar-refractivity contribution in [3.8, 4) is 0 Å². The van der Waals surface area contributed by atoms with E-state index < -0.39 is 0 Å². The molecule has 0 radical (unpaired) electrons. The first-order chi connectivity index (χ1) is 10.5. The third kappa shape index (κ3) is 6.59. The lowest BCUT2D eigenvalue weighted by Gasteiger charge is -2.41. The van der Waals surface area contributed by atoms with Crippen LogP contribution in [0.3, 0.4) is 0 Å². The lowest BCUT2D eigenvalue weighted by molar-refractivity contribution is -0.00834. The van der Waals surface area contributed by atoms with Gasteiger partial charge in [-0.25, -0.2) is 0 Å². The van der Waals surface area contributed by atoms with E-state index in [1.165, 1.54) is 19.3 Å². The zero-order chi connectivity index (χ0) is 16.0. The van der Waals surface area contributed by atoms with Crippen LogP contribution < -0.4 is 10.6 Å². The predicted molar refractivity (Wildman–Crippen MR) is 111 cm³/mol. The molecule has 2 unspecified atom stereocenters. The van der Waals surface area contributed by atoms with E-state index in [2.05, 4.69) is 40.6 Å². The summed E-state index contributed by atoms with van der Waals surface area (Å²) in [6, 6.07) is 0.565. The Labute approximate surface area is 162 Å². The summed E-state index contributed by atoms with van der Waals surface area (Å²) in [7, 11) is 1.86. The van der Waals surface area contributed by atoms with Crippen molar-refractivity contribution in [1.82, 2.24) is 15.5 Å². The van der Waals surface area contributed by atoms with Crippen molar-refractivity contribution >= 4 is 41.7 Å². The van der Waals surface area contributed by atoms with Crippen LogP contribution in [-0.4, -0.2) is 73.8 Å². The third-order valence-electron chi connectivity index (χ3n) is 4.84. The van der Waals surface area contributed by atoms with E-state index in [4.69, 9.17) is 4.74 Å². The first-order valence-electron chi connectivity index (χ1n) is 8.38. The standard InChI is InChI=1S/C16H32N4OS.HI/c1-16(2,20-7-9-21-10-8-20)12-18-15(17-3)19-13-5-6-14(11-13)22-4;/h13-14H,5-12H2,1-4H3,(H2,17,18,19);1H. The van der Waals surface area contributed by atoms with Gasteiger partial charge < -0.3 is 15.4 Å². The number of nitrogens with one attached hydrogen (secondary N) is 2. The van der Waals surface area contributed by atoms with Gasteiger partial charge in [-0.1, -0.05) is 0 Å². The van der Waals surface area contributed by atoms with Gasteiger partial charge in [-0.3, -0.25) is 9.89 Å². The van der Waals surface area contributed by atoms with Crippen LogP contribution in [0.1, 0.15) is 33.1 Å². The highest BCUT2D eigenvalue weighted by molar-refractivity contribution is 14.0. The van der Waals surface area contributed by atoms with E-state index in [-0.39, 0.29) is 29.5 Å². The third-order valence-corrected chi connectivity index (χ3v) is 5.93. The van der Waals surface area contributed by atoms with E-state index in [1.54, 1.807) is 0 Å². The Morgan fingerprint density at radius 1 is 1.30 bits per heavy atom. The van der Waals surface area contributed by atoms with Crippen molar-refractivity contribution in [1.29, 1.82) is 0 Å². The van der Waals surface area contributed by atoms with Crippen LogP contribution >= 0.6 is 35.7 Å². The number of rotatable bonds is 5. The molecule has 1 aliphatic heterocycles. The van der Waals surface area contributed by atoms with Gasteiger partial charge in [0.2, 0.25) is 0 Å². The van der Waals surface area contributed by atoms with Crippen LogP contribution in [0.4, 0.5) is 0 Å². The fourth-order valence-corrected chi connectivity index (χ4v) is 4.05. The van der Waals surface area contributed by atoms with Gasteiger partial charge in [0.25, 0.3) is 0 Å². The second-order valence-corrected chi connectivity index (χ2v) is 7.99. The van der Waals surface area contributed by atoms with Gasteiger partial charge in [0.15, 0.2) is 5.96 Å². The van der Waals surface area contributed by atoms with Crippen LogP contribution in [-0.2, 0) is 4.74 Å². The Morgan fingerprint density at radius 3 is 2.57 bits per heavy atom. The molecule has 0 aromatic rings. The van der Waals surface area contributed by atoms with Crippen LogP contribution in [0, 0.1) is 0 Å². The largest absolute Gasteiger partial charge is 0.379 e. The molecule has 136 valence electrons. The first kappa shape index (κ1) is 21.3. The number of ether oxygens (including phenoxy) is 1. The minimum Gasteiger partial charge on any atom is -0.379 e. The maximum Gasteiger partial charge on any atom is 0.191 e. The molecule has 0 spiro atoms. The van der Waals surface area contributed by atoms with Crippen LogP contribution in [0.2, 0.25) is 0 Å². The number of aliphatic imine (C=N–C) groups is 1. The predicted octanol–water partition coefficient (Wildman–Crippen LogP) is 2.16. The molecular weight excluding hydrogens is 423 g/mol.